The summed E-state index contributed by atoms with van der Waals surface area (Å²) in [5.41, 5.74) is 1.77. The number of ether oxygens (including phenoxy) is 4. The number of carbonyl (C=O) groups is 1. The molecule has 0 aliphatic heterocycles. The quantitative estimate of drug-likeness (QED) is 0.338. The zero-order valence-electron chi connectivity index (χ0n) is 19.7. The number of hydrogen-bond donors (Lipinski definition) is 1. The second kappa shape index (κ2) is 10.5. The minimum atomic E-state index is -0.613. The molecule has 0 saturated heterocycles. The maximum absolute atomic E-state index is 12.8. The van der Waals surface area contributed by atoms with Gasteiger partial charge in [0.25, 0.3) is 0 Å². The summed E-state index contributed by atoms with van der Waals surface area (Å²) in [6.07, 6.45) is -0.202. The van der Waals surface area contributed by atoms with Crippen molar-refractivity contribution >= 4 is 34.2 Å². The van der Waals surface area contributed by atoms with Crippen LogP contribution in [0.2, 0.25) is 5.02 Å². The van der Waals surface area contributed by atoms with Gasteiger partial charge >= 0.3 is 5.63 Å². The van der Waals surface area contributed by atoms with E-state index in [0.29, 0.717) is 50.2 Å². The molecule has 180 valence electrons. The van der Waals surface area contributed by atoms with Gasteiger partial charge in [-0.25, -0.2) is 4.79 Å². The first-order valence-electron chi connectivity index (χ1n) is 10.3. The van der Waals surface area contributed by atoms with Crippen LogP contribution in [-0.2, 0) is 11.2 Å². The van der Waals surface area contributed by atoms with E-state index >= 15 is 0 Å². The summed E-state index contributed by atoms with van der Waals surface area (Å²) in [5, 5.41) is 3.73. The van der Waals surface area contributed by atoms with Crippen LogP contribution >= 0.6 is 11.6 Å². The van der Waals surface area contributed by atoms with Gasteiger partial charge < -0.3 is 28.7 Å². The number of anilines is 1. The lowest BCUT2D eigenvalue weighted by atomic mass is 10.0. The normalized spacial score (nSPS) is 10.6. The molecule has 0 unspecified atom stereocenters. The Morgan fingerprint density at radius 2 is 1.71 bits per heavy atom. The number of methoxy groups -OCH3 is 3. The van der Waals surface area contributed by atoms with Gasteiger partial charge in [-0.1, -0.05) is 18.2 Å². The molecular weight excluding hydrogens is 462 g/mol. The molecule has 1 heterocycles. The fourth-order valence-corrected chi connectivity index (χ4v) is 3.64. The summed E-state index contributed by atoms with van der Waals surface area (Å²) in [6.45, 7) is 7.64. The Bertz CT molecular complexity index is 1290. The molecule has 8 nitrogen and oxygen atoms in total. The van der Waals surface area contributed by atoms with Crippen LogP contribution in [0.3, 0.4) is 0 Å². The number of nitrogens with one attached hydrogen (secondary N) is 1. The van der Waals surface area contributed by atoms with Crippen LogP contribution in [0.4, 0.5) is 5.69 Å². The third-order valence-electron chi connectivity index (χ3n) is 5.10. The minimum Gasteiger partial charge on any atom is -0.493 e. The number of amides is 1. The molecule has 0 radical (unpaired) electrons. The number of fused-ring (bicyclic) bond motifs is 1. The van der Waals surface area contributed by atoms with Gasteiger partial charge in [-0.15, -0.1) is 0 Å². The van der Waals surface area contributed by atoms with E-state index in [0.717, 1.165) is 5.57 Å². The Morgan fingerprint density at radius 1 is 1.06 bits per heavy atom. The number of aryl methyl sites for hydroxylation is 1. The molecule has 0 saturated carbocycles. The lowest BCUT2D eigenvalue weighted by molar-refractivity contribution is -0.115. The van der Waals surface area contributed by atoms with E-state index in [9.17, 15) is 9.59 Å². The van der Waals surface area contributed by atoms with E-state index in [4.69, 9.17) is 35.0 Å². The van der Waals surface area contributed by atoms with E-state index in [2.05, 4.69) is 11.9 Å². The third-order valence-corrected chi connectivity index (χ3v) is 5.40. The first-order chi connectivity index (χ1) is 16.2. The number of hydrogen-bond acceptors (Lipinski definition) is 7. The first-order valence-corrected chi connectivity index (χ1v) is 10.7. The summed E-state index contributed by atoms with van der Waals surface area (Å²) >= 11 is 6.36. The predicted octanol–water partition coefficient (Wildman–Crippen LogP) is 4.92. The molecule has 0 fully saturated rings. The Hall–Kier alpha value is -3.65. The average Bonchev–Trinajstić information content (AvgIpc) is 2.80. The van der Waals surface area contributed by atoms with Crippen molar-refractivity contribution in [3.63, 3.8) is 0 Å². The van der Waals surface area contributed by atoms with E-state index in [1.54, 1.807) is 31.2 Å². The Morgan fingerprint density at radius 3 is 2.26 bits per heavy atom. The van der Waals surface area contributed by atoms with Crippen LogP contribution in [0, 0.1) is 6.92 Å². The molecule has 3 aromatic rings. The predicted molar refractivity (Wildman–Crippen MR) is 131 cm³/mol. The highest BCUT2D eigenvalue weighted by Gasteiger charge is 2.19. The molecule has 3 rings (SSSR count). The van der Waals surface area contributed by atoms with E-state index < -0.39 is 11.5 Å². The number of rotatable bonds is 9. The van der Waals surface area contributed by atoms with Crippen LogP contribution in [0.25, 0.3) is 11.0 Å². The number of benzene rings is 2. The second-order valence-corrected chi connectivity index (χ2v) is 8.06. The van der Waals surface area contributed by atoms with Gasteiger partial charge in [0.2, 0.25) is 11.7 Å². The molecule has 1 N–H and O–H groups in total. The molecule has 0 bridgehead atoms. The van der Waals surface area contributed by atoms with Gasteiger partial charge in [0.15, 0.2) is 11.5 Å². The molecule has 34 heavy (non-hydrogen) atoms. The van der Waals surface area contributed by atoms with Crippen molar-refractivity contribution in [2.24, 2.45) is 0 Å². The maximum Gasteiger partial charge on any atom is 0.340 e. The fraction of sp³-hybridized carbons (Fsp3) is 0.280. The Labute approximate surface area is 202 Å². The highest BCUT2D eigenvalue weighted by atomic mass is 35.5. The molecule has 9 heteroatoms. The lowest BCUT2D eigenvalue weighted by Crippen LogP contribution is -2.20. The zero-order chi connectivity index (χ0) is 25.0. The average molecular weight is 488 g/mol. The van der Waals surface area contributed by atoms with Crippen molar-refractivity contribution in [1.82, 2.24) is 0 Å². The van der Waals surface area contributed by atoms with E-state index in [-0.39, 0.29) is 18.6 Å². The summed E-state index contributed by atoms with van der Waals surface area (Å²) in [6, 6.07) is 6.42. The summed E-state index contributed by atoms with van der Waals surface area (Å²) < 4.78 is 27.0. The molecule has 0 spiro atoms. The Kier molecular flexibility index (Phi) is 7.73. The molecule has 0 aliphatic rings. The van der Waals surface area contributed by atoms with Crippen LogP contribution in [-0.4, -0.2) is 33.8 Å². The maximum atomic E-state index is 12.8. The second-order valence-electron chi connectivity index (χ2n) is 7.66. The molecule has 1 aromatic heterocycles. The van der Waals surface area contributed by atoms with Crippen LogP contribution in [0.1, 0.15) is 18.1 Å². The van der Waals surface area contributed by atoms with Crippen molar-refractivity contribution in [2.45, 2.75) is 20.3 Å². The van der Waals surface area contributed by atoms with E-state index in [1.165, 1.54) is 21.3 Å². The minimum absolute atomic E-state index is 0.202. The van der Waals surface area contributed by atoms with Gasteiger partial charge in [0, 0.05) is 29.3 Å². The lowest BCUT2D eigenvalue weighted by Gasteiger charge is -2.15. The SMILES string of the molecule is C=C(C)COc1cc2oc(=O)c(CC(=O)Nc3cc(OC)c(OC)c(OC)c3)c(C)c2cc1Cl. The molecule has 0 atom stereocenters. The van der Waals surface area contributed by atoms with Crippen molar-refractivity contribution in [3.05, 3.63) is 63.0 Å². The van der Waals surface area contributed by atoms with Crippen molar-refractivity contribution in [3.8, 4) is 23.0 Å². The van der Waals surface area contributed by atoms with Gasteiger partial charge in [-0.05, 0) is 31.1 Å². The largest absolute Gasteiger partial charge is 0.493 e. The van der Waals surface area contributed by atoms with Gasteiger partial charge in [0.1, 0.15) is 17.9 Å². The van der Waals surface area contributed by atoms with Gasteiger partial charge in [0.05, 0.1) is 38.3 Å². The van der Waals surface area contributed by atoms with Crippen LogP contribution in [0.15, 0.2) is 45.6 Å². The number of carbonyl (C=O) groups excluding carboxylic acids is 1. The Balaban J connectivity index is 1.90. The van der Waals surface area contributed by atoms with Crippen LogP contribution in [0.5, 0.6) is 23.0 Å². The van der Waals surface area contributed by atoms with Crippen molar-refractivity contribution in [2.75, 3.05) is 33.3 Å². The van der Waals surface area contributed by atoms with Crippen molar-refractivity contribution in [1.29, 1.82) is 0 Å². The highest BCUT2D eigenvalue weighted by molar-refractivity contribution is 6.32. The molecular formula is C25H26ClNO7. The summed E-state index contributed by atoms with van der Waals surface area (Å²) in [4.78, 5) is 25.5. The highest BCUT2D eigenvalue weighted by Crippen LogP contribution is 2.40. The van der Waals surface area contributed by atoms with Crippen LogP contribution < -0.4 is 29.9 Å². The number of halogens is 1. The first kappa shape index (κ1) is 25.0. The molecule has 0 aliphatic carbocycles. The zero-order valence-corrected chi connectivity index (χ0v) is 20.4. The third kappa shape index (κ3) is 5.28. The smallest absolute Gasteiger partial charge is 0.340 e. The monoisotopic (exact) mass is 487 g/mol. The van der Waals surface area contributed by atoms with Crippen molar-refractivity contribution < 1.29 is 28.2 Å². The summed E-state index contributed by atoms with van der Waals surface area (Å²) in [5.74, 6) is 1.14. The molecule has 2 aromatic carbocycles. The van der Waals surface area contributed by atoms with Gasteiger partial charge in [-0.2, -0.15) is 0 Å². The summed E-state index contributed by atoms with van der Waals surface area (Å²) in [7, 11) is 4.45. The fourth-order valence-electron chi connectivity index (χ4n) is 3.42. The standard InChI is InChI=1S/C25H26ClNO7/c1-13(2)12-33-20-11-19-16(9-18(20)26)14(3)17(25(29)34-19)10-23(28)27-15-7-21(30-4)24(32-6)22(8-15)31-5/h7-9,11H,1,10,12H2,2-6H3,(H,27,28). The van der Waals surface area contributed by atoms with E-state index in [1.807, 2.05) is 6.92 Å². The van der Waals surface area contributed by atoms with Gasteiger partial charge in [-0.3, -0.25) is 4.79 Å². The molecule has 1 amide bonds. The topological polar surface area (TPSA) is 96.2 Å².